The molecule has 0 aromatic rings. The second kappa shape index (κ2) is 18.0. The quantitative estimate of drug-likeness (QED) is 0.0838. The Balaban J connectivity index is 1.01. The van der Waals surface area contributed by atoms with Crippen LogP contribution in [0, 0.1) is 50.2 Å². The highest BCUT2D eigenvalue weighted by molar-refractivity contribution is 5.79. The van der Waals surface area contributed by atoms with Crippen LogP contribution in [0.2, 0.25) is 0 Å². The summed E-state index contributed by atoms with van der Waals surface area (Å²) in [7, 11) is 0. The summed E-state index contributed by atoms with van der Waals surface area (Å²) < 4.78 is 35.1. The van der Waals surface area contributed by atoms with Crippen LogP contribution in [0.4, 0.5) is 0 Å². The minimum Gasteiger partial charge on any atom is -0.479 e. The Hall–Kier alpha value is -1.92. The number of carboxylic acid groups (broad SMARTS) is 1. The number of aliphatic hydroxyl groups is 10. The van der Waals surface area contributed by atoms with E-state index in [1.807, 2.05) is 0 Å². The summed E-state index contributed by atoms with van der Waals surface area (Å²) >= 11 is 0. The van der Waals surface area contributed by atoms with Gasteiger partial charge in [-0.05, 0) is 109 Å². The summed E-state index contributed by atoms with van der Waals surface area (Å²) in [6.45, 7) is 14.6. The van der Waals surface area contributed by atoms with Crippen LogP contribution in [0.25, 0.3) is 0 Å². The first-order valence-corrected chi connectivity index (χ1v) is 24.3. The summed E-state index contributed by atoms with van der Waals surface area (Å²) in [5.41, 5.74) is -0.956. The molecule has 0 aromatic carbocycles. The normalized spacial score (nSPS) is 52.6. The predicted octanol–water partition coefficient (Wildman–Crippen LogP) is 0.233. The van der Waals surface area contributed by atoms with Gasteiger partial charge in [0.05, 0.1) is 24.7 Å². The molecule has 67 heavy (non-hydrogen) atoms. The Kier molecular flexibility index (Phi) is 13.8. The number of ether oxygens (including phenoxy) is 6. The lowest BCUT2D eigenvalue weighted by atomic mass is 9.33. The van der Waals surface area contributed by atoms with Crippen LogP contribution in [-0.2, 0) is 38.0 Å². The molecule has 0 spiro atoms. The van der Waals surface area contributed by atoms with Crippen molar-refractivity contribution in [1.29, 1.82) is 0 Å². The van der Waals surface area contributed by atoms with Gasteiger partial charge in [0, 0.05) is 0 Å². The maximum absolute atomic E-state index is 15.0. The molecule has 11 N–H and O–H groups in total. The van der Waals surface area contributed by atoms with Gasteiger partial charge < -0.3 is 84.6 Å². The number of esters is 1. The zero-order chi connectivity index (χ0) is 49.1. The fourth-order valence-electron chi connectivity index (χ4n) is 14.9. The summed E-state index contributed by atoms with van der Waals surface area (Å²) in [5.74, 6) is -1.83. The molecule has 4 saturated carbocycles. The lowest BCUT2D eigenvalue weighted by Crippen LogP contribution is -2.66. The third-order valence-electron chi connectivity index (χ3n) is 19.3. The second-order valence-corrected chi connectivity index (χ2v) is 23.5. The first kappa shape index (κ1) is 51.4. The Bertz CT molecular complexity index is 1880. The number of allylic oxidation sites excluding steroid dienone is 2. The van der Waals surface area contributed by atoms with Crippen LogP contribution in [0.1, 0.15) is 113 Å². The van der Waals surface area contributed by atoms with Crippen LogP contribution in [0.5, 0.6) is 0 Å². The number of aliphatic carboxylic acids is 1. The Morgan fingerprint density at radius 2 is 1.25 bits per heavy atom. The molecule has 5 aliphatic carbocycles. The van der Waals surface area contributed by atoms with Crippen LogP contribution in [0.15, 0.2) is 11.6 Å². The molecule has 8 aliphatic rings. The smallest absolute Gasteiger partial charge is 0.335 e. The van der Waals surface area contributed by atoms with Gasteiger partial charge in [-0.2, -0.15) is 0 Å². The van der Waals surface area contributed by atoms with Gasteiger partial charge in [0.1, 0.15) is 67.1 Å². The van der Waals surface area contributed by atoms with Crippen molar-refractivity contribution >= 4 is 11.9 Å². The molecular weight excluding hydrogens is 881 g/mol. The average molecular weight is 957 g/mol. The van der Waals surface area contributed by atoms with Crippen LogP contribution in [0.3, 0.4) is 0 Å². The second-order valence-electron chi connectivity index (χ2n) is 23.5. The number of hydrogen-bond donors (Lipinski definition) is 11. The number of carboxylic acids is 1. The van der Waals surface area contributed by atoms with Crippen molar-refractivity contribution < 1.29 is 94.2 Å². The molecule has 8 rings (SSSR count). The third-order valence-corrected chi connectivity index (χ3v) is 19.3. The number of carbonyl (C=O) groups excluding carboxylic acids is 1. The maximum atomic E-state index is 15.0. The van der Waals surface area contributed by atoms with E-state index < -0.39 is 134 Å². The maximum Gasteiger partial charge on any atom is 0.335 e. The number of rotatable bonds is 9. The van der Waals surface area contributed by atoms with E-state index in [2.05, 4.69) is 54.5 Å². The SMILES string of the molecule is CC1(C)CC[C@]2(C(=O)O[C@@H]3O[C@H](CO[C@@H]4O[C@H](CO)[C@@H](O)[C@H](O)[C@H]4O)[C@@H](O)[C@H](O)[C@H]3O)CC[C@]3(C)C(=CC[C@@H]4[C@@]5(C)CC[C@@H](O[C@@H]6O[C@H](C(=O)O)[C@@H](O)[C@H](O)[C@H]6O)C(C)(C)[C@@H]5CC[C@]43C)[C@@H]2C1. The first-order valence-electron chi connectivity index (χ1n) is 24.3. The number of aliphatic hydroxyl groups excluding tert-OH is 10. The van der Waals surface area contributed by atoms with Gasteiger partial charge >= 0.3 is 11.9 Å². The van der Waals surface area contributed by atoms with E-state index in [-0.39, 0.29) is 39.4 Å². The molecule has 382 valence electrons. The summed E-state index contributed by atoms with van der Waals surface area (Å²) in [6, 6.07) is 0. The van der Waals surface area contributed by atoms with Crippen molar-refractivity contribution in [2.75, 3.05) is 13.2 Å². The number of fused-ring (bicyclic) bond motifs is 7. The van der Waals surface area contributed by atoms with E-state index in [4.69, 9.17) is 28.4 Å². The van der Waals surface area contributed by atoms with Gasteiger partial charge in [0.15, 0.2) is 18.7 Å². The van der Waals surface area contributed by atoms with Gasteiger partial charge in [0.2, 0.25) is 6.29 Å². The molecular formula is C48H76O19. The predicted molar refractivity (Wildman–Crippen MR) is 231 cm³/mol. The van der Waals surface area contributed by atoms with E-state index in [9.17, 15) is 65.8 Å². The summed E-state index contributed by atoms with van der Waals surface area (Å²) in [5, 5.41) is 115. The highest BCUT2D eigenvalue weighted by Gasteiger charge is 2.70. The van der Waals surface area contributed by atoms with Crippen molar-refractivity contribution in [3.8, 4) is 0 Å². The van der Waals surface area contributed by atoms with Crippen molar-refractivity contribution in [1.82, 2.24) is 0 Å². The Morgan fingerprint density at radius 1 is 0.657 bits per heavy atom. The van der Waals surface area contributed by atoms with Crippen LogP contribution < -0.4 is 0 Å². The van der Waals surface area contributed by atoms with E-state index in [1.165, 1.54) is 5.57 Å². The largest absolute Gasteiger partial charge is 0.479 e. The van der Waals surface area contributed by atoms with Gasteiger partial charge in [-0.1, -0.05) is 60.1 Å². The highest BCUT2D eigenvalue weighted by Crippen LogP contribution is 2.76. The Labute approximate surface area is 391 Å². The van der Waals surface area contributed by atoms with Crippen LogP contribution in [-0.4, -0.2) is 180 Å². The average Bonchev–Trinajstić information content (AvgIpc) is 3.26. The first-order chi connectivity index (χ1) is 31.2. The summed E-state index contributed by atoms with van der Waals surface area (Å²) in [4.78, 5) is 26.8. The van der Waals surface area contributed by atoms with Crippen molar-refractivity contribution in [3.05, 3.63) is 11.6 Å². The molecule has 0 bridgehead atoms. The minimum absolute atomic E-state index is 0.112. The monoisotopic (exact) mass is 956 g/mol. The molecule has 0 aromatic heterocycles. The molecule has 19 heteroatoms. The molecule has 3 aliphatic heterocycles. The fourth-order valence-corrected chi connectivity index (χ4v) is 14.9. The Morgan fingerprint density at radius 3 is 1.91 bits per heavy atom. The van der Waals surface area contributed by atoms with E-state index in [1.54, 1.807) is 0 Å². The molecule has 0 radical (unpaired) electrons. The van der Waals surface area contributed by atoms with Crippen LogP contribution >= 0.6 is 0 Å². The minimum atomic E-state index is -1.82. The summed E-state index contributed by atoms with van der Waals surface area (Å²) in [6.07, 6.45) is -15.7. The molecule has 0 unspecified atom stereocenters. The van der Waals surface area contributed by atoms with E-state index in [0.717, 1.165) is 32.1 Å². The number of hydrogen-bond acceptors (Lipinski definition) is 18. The fraction of sp³-hybridized carbons (Fsp3) is 0.917. The van der Waals surface area contributed by atoms with Crippen molar-refractivity contribution in [2.24, 2.45) is 50.2 Å². The van der Waals surface area contributed by atoms with E-state index >= 15 is 0 Å². The zero-order valence-corrected chi connectivity index (χ0v) is 39.7. The topological polar surface area (TPSA) is 312 Å². The molecule has 0 amide bonds. The molecule has 19 nitrogen and oxygen atoms in total. The molecule has 3 heterocycles. The van der Waals surface area contributed by atoms with Crippen molar-refractivity contribution in [2.45, 2.75) is 211 Å². The zero-order valence-electron chi connectivity index (χ0n) is 39.7. The standard InChI is InChI=1S/C48H76O19/c1-43(2)14-16-48(42(61)67-40-35(57)31(53)29(51)24(64-40)20-62-39-34(56)30(52)28(50)23(19-49)63-39)17-15-46(6)21(22(48)18-43)8-9-26-45(5)12-11-27(44(3,4)25(45)10-13-47(26,46)7)65-41-36(58)32(54)33(55)37(66-41)38(59)60/h8,22-37,39-41,49-58H,9-20H2,1-7H3,(H,59,60)/t22-,23+,24+,25-,26+,27+,28+,29+,30-,31-,32-,33-,34+,35+,36+,37-,39+,40-,41+,45-,46+,47+,48-/m0/s1. The molecule has 3 saturated heterocycles. The van der Waals surface area contributed by atoms with Gasteiger partial charge in [-0.15, -0.1) is 0 Å². The highest BCUT2D eigenvalue weighted by atomic mass is 16.7. The van der Waals surface area contributed by atoms with Gasteiger partial charge in [0.25, 0.3) is 0 Å². The third kappa shape index (κ3) is 8.15. The molecule has 23 atom stereocenters. The number of carbonyl (C=O) groups is 2. The molecule has 7 fully saturated rings. The van der Waals surface area contributed by atoms with E-state index in [0.29, 0.717) is 32.1 Å². The van der Waals surface area contributed by atoms with Gasteiger partial charge in [-0.3, -0.25) is 4.79 Å². The van der Waals surface area contributed by atoms with Gasteiger partial charge in [-0.25, -0.2) is 4.79 Å². The lowest BCUT2D eigenvalue weighted by molar-refractivity contribution is -0.328. The lowest BCUT2D eigenvalue weighted by Gasteiger charge is -2.71. The van der Waals surface area contributed by atoms with Crippen molar-refractivity contribution in [3.63, 3.8) is 0 Å².